The van der Waals surface area contributed by atoms with Crippen molar-refractivity contribution >= 4 is 5.91 Å². The molecule has 0 radical (unpaired) electrons. The number of amides is 1. The molecule has 2 atom stereocenters. The van der Waals surface area contributed by atoms with Crippen LogP contribution in [0.2, 0.25) is 0 Å². The van der Waals surface area contributed by atoms with Crippen molar-refractivity contribution in [2.45, 2.75) is 37.5 Å². The monoisotopic (exact) mass is 210 g/mol. The van der Waals surface area contributed by atoms with Crippen molar-refractivity contribution in [3.63, 3.8) is 0 Å². The second kappa shape index (κ2) is 4.33. The van der Waals surface area contributed by atoms with Crippen LogP contribution in [0.4, 0.5) is 0 Å². The van der Waals surface area contributed by atoms with Crippen molar-refractivity contribution in [1.82, 2.24) is 5.32 Å². The van der Waals surface area contributed by atoms with E-state index in [1.165, 1.54) is 0 Å². The van der Waals surface area contributed by atoms with Gasteiger partial charge in [-0.2, -0.15) is 0 Å². The first-order chi connectivity index (χ1) is 7.19. The van der Waals surface area contributed by atoms with Gasteiger partial charge in [0.1, 0.15) is 0 Å². The number of nitrogens with one attached hydrogen (secondary N) is 1. The first-order valence-electron chi connectivity index (χ1n) is 5.46. The normalized spacial score (nSPS) is 38.8. The SMILES string of the molecule is COC1CC(NC(=O)C2C=CC(N)C2)C1. The summed E-state index contributed by atoms with van der Waals surface area (Å²) >= 11 is 0. The van der Waals surface area contributed by atoms with Gasteiger partial charge >= 0.3 is 0 Å². The molecule has 0 aromatic carbocycles. The second-order valence-electron chi connectivity index (χ2n) is 4.43. The fraction of sp³-hybridized carbons (Fsp3) is 0.727. The van der Waals surface area contributed by atoms with Crippen LogP contribution in [0.5, 0.6) is 0 Å². The van der Waals surface area contributed by atoms with E-state index in [1.54, 1.807) is 7.11 Å². The third-order valence-electron chi connectivity index (χ3n) is 3.23. The fourth-order valence-electron chi connectivity index (χ4n) is 2.11. The van der Waals surface area contributed by atoms with Crippen LogP contribution in [0.3, 0.4) is 0 Å². The van der Waals surface area contributed by atoms with E-state index in [2.05, 4.69) is 5.32 Å². The van der Waals surface area contributed by atoms with Crippen molar-refractivity contribution in [3.05, 3.63) is 12.2 Å². The van der Waals surface area contributed by atoms with Crippen molar-refractivity contribution in [1.29, 1.82) is 0 Å². The maximum Gasteiger partial charge on any atom is 0.227 e. The standard InChI is InChI=1S/C11H18N2O2/c1-15-10-5-9(6-10)13-11(14)7-2-3-8(12)4-7/h2-3,7-10H,4-6,12H2,1H3,(H,13,14). The van der Waals surface area contributed by atoms with Crippen LogP contribution in [0.1, 0.15) is 19.3 Å². The van der Waals surface area contributed by atoms with E-state index in [-0.39, 0.29) is 17.9 Å². The van der Waals surface area contributed by atoms with Gasteiger partial charge < -0.3 is 15.8 Å². The minimum Gasteiger partial charge on any atom is -0.381 e. The molecule has 1 fully saturated rings. The van der Waals surface area contributed by atoms with Crippen LogP contribution in [-0.4, -0.2) is 31.2 Å². The fourth-order valence-corrected chi connectivity index (χ4v) is 2.11. The summed E-state index contributed by atoms with van der Waals surface area (Å²) in [4.78, 5) is 11.7. The second-order valence-corrected chi connectivity index (χ2v) is 4.43. The molecular weight excluding hydrogens is 192 g/mol. The van der Waals surface area contributed by atoms with Crippen LogP contribution in [-0.2, 0) is 9.53 Å². The number of rotatable bonds is 3. The Morgan fingerprint density at radius 1 is 1.40 bits per heavy atom. The summed E-state index contributed by atoms with van der Waals surface area (Å²) in [5, 5.41) is 3.02. The van der Waals surface area contributed by atoms with Gasteiger partial charge in [-0.05, 0) is 19.3 Å². The summed E-state index contributed by atoms with van der Waals surface area (Å²) in [6, 6.07) is 0.349. The molecule has 0 spiro atoms. The van der Waals surface area contributed by atoms with Crippen LogP contribution < -0.4 is 11.1 Å². The summed E-state index contributed by atoms with van der Waals surface area (Å²) < 4.78 is 5.16. The number of nitrogens with two attached hydrogens (primary N) is 1. The molecule has 4 heteroatoms. The molecule has 1 saturated carbocycles. The van der Waals surface area contributed by atoms with Gasteiger partial charge in [-0.1, -0.05) is 12.2 Å². The first kappa shape index (κ1) is 10.6. The molecule has 15 heavy (non-hydrogen) atoms. The molecule has 2 unspecified atom stereocenters. The maximum atomic E-state index is 11.7. The van der Waals surface area contributed by atoms with Crippen LogP contribution >= 0.6 is 0 Å². The third-order valence-corrected chi connectivity index (χ3v) is 3.23. The predicted molar refractivity (Wildman–Crippen MR) is 57.2 cm³/mol. The Morgan fingerprint density at radius 2 is 2.13 bits per heavy atom. The molecule has 3 N–H and O–H groups in total. The average molecular weight is 210 g/mol. The van der Waals surface area contributed by atoms with E-state index in [0.717, 1.165) is 19.3 Å². The summed E-state index contributed by atoms with van der Waals surface area (Å²) in [5.74, 6) is 0.0837. The molecule has 0 aromatic heterocycles. The lowest BCUT2D eigenvalue weighted by Crippen LogP contribution is -2.49. The van der Waals surface area contributed by atoms with Gasteiger partial charge in [0, 0.05) is 19.2 Å². The van der Waals surface area contributed by atoms with Crippen molar-refractivity contribution < 1.29 is 9.53 Å². The number of ether oxygens (including phenoxy) is 1. The molecule has 0 bridgehead atoms. The van der Waals surface area contributed by atoms with E-state index in [1.807, 2.05) is 12.2 Å². The third kappa shape index (κ3) is 2.38. The van der Waals surface area contributed by atoms with E-state index in [4.69, 9.17) is 10.5 Å². The molecule has 0 aliphatic heterocycles. The Morgan fingerprint density at radius 3 is 2.67 bits per heavy atom. The van der Waals surface area contributed by atoms with Crippen molar-refractivity contribution in [3.8, 4) is 0 Å². The van der Waals surface area contributed by atoms with E-state index < -0.39 is 0 Å². The van der Waals surface area contributed by atoms with Crippen molar-refractivity contribution in [2.75, 3.05) is 7.11 Å². The van der Waals surface area contributed by atoms with Gasteiger partial charge in [-0.3, -0.25) is 4.79 Å². The molecule has 0 saturated heterocycles. The van der Waals surface area contributed by atoms with Gasteiger partial charge in [-0.25, -0.2) is 0 Å². The van der Waals surface area contributed by atoms with E-state index in [0.29, 0.717) is 12.1 Å². The zero-order valence-electron chi connectivity index (χ0n) is 8.98. The number of hydrogen-bond donors (Lipinski definition) is 2. The largest absolute Gasteiger partial charge is 0.381 e. The minimum atomic E-state index is -0.0263. The highest BCUT2D eigenvalue weighted by Gasteiger charge is 2.32. The van der Waals surface area contributed by atoms with Gasteiger partial charge in [0.05, 0.1) is 12.0 Å². The molecule has 0 heterocycles. The van der Waals surface area contributed by atoms with Crippen LogP contribution in [0.25, 0.3) is 0 Å². The minimum absolute atomic E-state index is 0.0263. The summed E-state index contributed by atoms with van der Waals surface area (Å²) in [7, 11) is 1.71. The zero-order valence-corrected chi connectivity index (χ0v) is 8.98. The van der Waals surface area contributed by atoms with Crippen molar-refractivity contribution in [2.24, 2.45) is 11.7 Å². The lowest BCUT2D eigenvalue weighted by Gasteiger charge is -2.35. The molecule has 0 aromatic rings. The number of carbonyl (C=O) groups excluding carboxylic acids is 1. The first-order valence-corrected chi connectivity index (χ1v) is 5.46. The zero-order chi connectivity index (χ0) is 10.8. The summed E-state index contributed by atoms with van der Waals surface area (Å²) in [5.41, 5.74) is 5.70. The molecule has 84 valence electrons. The van der Waals surface area contributed by atoms with Gasteiger partial charge in [-0.15, -0.1) is 0 Å². The molecule has 2 aliphatic rings. The van der Waals surface area contributed by atoms with Gasteiger partial charge in [0.2, 0.25) is 5.91 Å². The molecule has 1 amide bonds. The summed E-state index contributed by atoms with van der Waals surface area (Å²) in [6.45, 7) is 0. The van der Waals surface area contributed by atoms with Gasteiger partial charge in [0.25, 0.3) is 0 Å². The molecule has 4 nitrogen and oxygen atoms in total. The quantitative estimate of drug-likeness (QED) is 0.653. The molecule has 2 rings (SSSR count). The maximum absolute atomic E-state index is 11.7. The lowest BCUT2D eigenvalue weighted by atomic mass is 9.88. The Hall–Kier alpha value is -0.870. The average Bonchev–Trinajstić information content (AvgIpc) is 2.57. The van der Waals surface area contributed by atoms with E-state index in [9.17, 15) is 4.79 Å². The van der Waals surface area contributed by atoms with Gasteiger partial charge in [0.15, 0.2) is 0 Å². The lowest BCUT2D eigenvalue weighted by molar-refractivity contribution is -0.126. The smallest absolute Gasteiger partial charge is 0.227 e. The van der Waals surface area contributed by atoms with E-state index >= 15 is 0 Å². The number of hydrogen-bond acceptors (Lipinski definition) is 3. The summed E-state index contributed by atoms with van der Waals surface area (Å²) in [6.07, 6.45) is 6.76. The Balaban J connectivity index is 1.72. The Kier molecular flexibility index (Phi) is 3.07. The van der Waals surface area contributed by atoms with Crippen LogP contribution in [0.15, 0.2) is 12.2 Å². The Labute approximate surface area is 89.9 Å². The number of methoxy groups -OCH3 is 1. The van der Waals surface area contributed by atoms with Crippen LogP contribution in [0, 0.1) is 5.92 Å². The highest BCUT2D eigenvalue weighted by Crippen LogP contribution is 2.24. The molecule has 2 aliphatic carbocycles. The Bertz CT molecular complexity index is 272. The molecular formula is C11H18N2O2. The highest BCUT2D eigenvalue weighted by atomic mass is 16.5. The predicted octanol–water partition coefficient (Wildman–Crippen LogP) is 0.183. The number of carbonyl (C=O) groups is 1. The highest BCUT2D eigenvalue weighted by molar-refractivity contribution is 5.81. The topological polar surface area (TPSA) is 64.3 Å².